The lowest BCUT2D eigenvalue weighted by molar-refractivity contribution is -0.150. The number of benzene rings is 2. The molecule has 2 aromatic carbocycles. The fourth-order valence-electron chi connectivity index (χ4n) is 3.86. The Hall–Kier alpha value is -3.07. The van der Waals surface area contributed by atoms with Crippen molar-refractivity contribution in [2.45, 2.75) is 24.7 Å². The van der Waals surface area contributed by atoms with Gasteiger partial charge in [0.1, 0.15) is 29.6 Å². The number of carbonyl (C=O) groups excluding carboxylic acids is 1. The number of likely N-dealkylation sites (tertiary alicyclic amines) is 1. The smallest absolute Gasteiger partial charge is 0.309 e. The Morgan fingerprint density at radius 1 is 1.00 bits per heavy atom. The molecule has 0 N–H and O–H groups in total. The van der Waals surface area contributed by atoms with E-state index in [-0.39, 0.29) is 30.0 Å². The molecule has 1 saturated heterocycles. The first-order valence-corrected chi connectivity index (χ1v) is 12.1. The van der Waals surface area contributed by atoms with Crippen LogP contribution >= 0.6 is 0 Å². The van der Waals surface area contributed by atoms with Crippen LogP contribution in [-0.4, -0.2) is 58.0 Å². The number of piperidine rings is 1. The van der Waals surface area contributed by atoms with E-state index in [4.69, 9.17) is 14.2 Å². The molecule has 0 saturated carbocycles. The number of rotatable bonds is 7. The molecule has 2 aromatic rings. The Balaban J connectivity index is 1.22. The van der Waals surface area contributed by atoms with Crippen molar-refractivity contribution in [2.75, 3.05) is 32.9 Å². The first kappa shape index (κ1) is 22.1. The minimum Gasteiger partial charge on any atom is -0.494 e. The Morgan fingerprint density at radius 2 is 1.66 bits per heavy atom. The molecule has 0 amide bonds. The summed E-state index contributed by atoms with van der Waals surface area (Å²) in [4.78, 5) is 14.6. The highest BCUT2D eigenvalue weighted by Crippen LogP contribution is 2.30. The molecule has 2 heterocycles. The highest BCUT2D eigenvalue weighted by Gasteiger charge is 2.34. The number of carbonyl (C=O) groups is 1. The van der Waals surface area contributed by atoms with E-state index in [9.17, 15) is 13.2 Å². The van der Waals surface area contributed by atoms with Gasteiger partial charge in [-0.25, -0.2) is 0 Å². The first-order chi connectivity index (χ1) is 15.5. The van der Waals surface area contributed by atoms with Gasteiger partial charge in [-0.1, -0.05) is 12.1 Å². The molecule has 32 heavy (non-hydrogen) atoms. The second-order valence-electron chi connectivity index (χ2n) is 7.57. The Morgan fingerprint density at radius 3 is 2.34 bits per heavy atom. The molecular weight excluding hydrogens is 432 g/mol. The number of ether oxygens (including phenoxy) is 3. The lowest BCUT2D eigenvalue weighted by Gasteiger charge is -2.32. The van der Waals surface area contributed by atoms with Crippen LogP contribution in [0.1, 0.15) is 25.3 Å². The molecule has 0 bridgehead atoms. The average molecular weight is 459 g/mol. The van der Waals surface area contributed by atoms with Crippen LogP contribution in [0.3, 0.4) is 0 Å². The van der Waals surface area contributed by atoms with E-state index in [1.54, 1.807) is 24.3 Å². The standard InChI is InChI=1S/C23H26N2O6S/c1-2-29-18-7-9-19(10-8-18)30-15-16-31-23(26)17-11-13-25(14-12-17)22-20-5-3-4-6-21(20)32(27,28)24-22/h3-10,17H,2,11-16H2,1H3. The summed E-state index contributed by atoms with van der Waals surface area (Å²) in [6.45, 7) is 4.06. The van der Waals surface area contributed by atoms with Gasteiger partial charge in [0.15, 0.2) is 5.84 Å². The summed E-state index contributed by atoms with van der Waals surface area (Å²) in [5.74, 6) is 1.47. The van der Waals surface area contributed by atoms with Crippen LogP contribution in [-0.2, 0) is 19.6 Å². The number of hydrogen-bond donors (Lipinski definition) is 0. The highest BCUT2D eigenvalue weighted by atomic mass is 32.2. The molecule has 4 rings (SSSR count). The predicted octanol–water partition coefficient (Wildman–Crippen LogP) is 2.87. The lowest BCUT2D eigenvalue weighted by atomic mass is 9.96. The molecule has 170 valence electrons. The van der Waals surface area contributed by atoms with E-state index in [1.807, 2.05) is 36.1 Å². The molecule has 2 aliphatic heterocycles. The van der Waals surface area contributed by atoms with E-state index in [0.29, 0.717) is 49.7 Å². The van der Waals surface area contributed by atoms with Gasteiger partial charge in [0, 0.05) is 18.7 Å². The van der Waals surface area contributed by atoms with E-state index in [1.165, 1.54) is 0 Å². The Labute approximate surface area is 187 Å². The molecule has 0 spiro atoms. The van der Waals surface area contributed by atoms with Gasteiger partial charge in [0.25, 0.3) is 10.0 Å². The molecular formula is C23H26N2O6S. The SMILES string of the molecule is CCOc1ccc(OCCOC(=O)C2CCN(C3=NS(=O)(=O)c4ccccc43)CC2)cc1. The molecule has 2 aliphatic rings. The number of nitrogens with zero attached hydrogens (tertiary/aromatic N) is 2. The van der Waals surface area contributed by atoms with Gasteiger partial charge in [0.05, 0.1) is 12.5 Å². The van der Waals surface area contributed by atoms with Crippen molar-refractivity contribution >= 4 is 21.8 Å². The van der Waals surface area contributed by atoms with Gasteiger partial charge >= 0.3 is 5.97 Å². The van der Waals surface area contributed by atoms with Crippen LogP contribution < -0.4 is 9.47 Å². The first-order valence-electron chi connectivity index (χ1n) is 10.7. The third kappa shape index (κ3) is 4.88. The summed E-state index contributed by atoms with van der Waals surface area (Å²) in [6, 6.07) is 14.1. The van der Waals surface area contributed by atoms with Crippen LogP contribution in [0.2, 0.25) is 0 Å². The number of sulfonamides is 1. The third-order valence-corrected chi connectivity index (χ3v) is 6.80. The molecule has 0 aromatic heterocycles. The third-order valence-electron chi connectivity index (χ3n) is 5.47. The topological polar surface area (TPSA) is 94.5 Å². The zero-order chi connectivity index (χ0) is 22.6. The summed E-state index contributed by atoms with van der Waals surface area (Å²) in [6.07, 6.45) is 1.17. The van der Waals surface area contributed by atoms with Crippen molar-refractivity contribution in [2.24, 2.45) is 10.3 Å². The summed E-state index contributed by atoms with van der Waals surface area (Å²) in [5, 5.41) is 0. The summed E-state index contributed by atoms with van der Waals surface area (Å²) in [7, 11) is -3.64. The van der Waals surface area contributed by atoms with Gasteiger partial charge < -0.3 is 19.1 Å². The number of hydrogen-bond acceptors (Lipinski definition) is 7. The molecule has 1 fully saturated rings. The molecule has 0 unspecified atom stereocenters. The number of amidine groups is 1. The monoisotopic (exact) mass is 458 g/mol. The van der Waals surface area contributed by atoms with E-state index >= 15 is 0 Å². The second kappa shape index (κ2) is 9.60. The minimum atomic E-state index is -3.64. The Bertz CT molecular complexity index is 1090. The van der Waals surface area contributed by atoms with E-state index in [0.717, 1.165) is 5.75 Å². The maximum atomic E-state index is 12.4. The number of esters is 1. The maximum Gasteiger partial charge on any atom is 0.309 e. The highest BCUT2D eigenvalue weighted by molar-refractivity contribution is 7.90. The van der Waals surface area contributed by atoms with E-state index in [2.05, 4.69) is 4.40 Å². The molecule has 8 nitrogen and oxygen atoms in total. The van der Waals surface area contributed by atoms with Crippen LogP contribution in [0.25, 0.3) is 0 Å². The quantitative estimate of drug-likeness (QED) is 0.465. The fraction of sp³-hybridized carbons (Fsp3) is 0.391. The van der Waals surface area contributed by atoms with Crippen molar-refractivity contribution in [3.8, 4) is 11.5 Å². The van der Waals surface area contributed by atoms with Gasteiger partial charge in [-0.2, -0.15) is 8.42 Å². The zero-order valence-electron chi connectivity index (χ0n) is 17.9. The summed E-state index contributed by atoms with van der Waals surface area (Å²) >= 11 is 0. The zero-order valence-corrected chi connectivity index (χ0v) is 18.7. The van der Waals surface area contributed by atoms with Crippen molar-refractivity contribution in [3.63, 3.8) is 0 Å². The van der Waals surface area contributed by atoms with Crippen LogP contribution in [0.15, 0.2) is 57.8 Å². The Kier molecular flexibility index (Phi) is 6.64. The van der Waals surface area contributed by atoms with Crippen LogP contribution in [0, 0.1) is 5.92 Å². The van der Waals surface area contributed by atoms with Gasteiger partial charge in [0.2, 0.25) is 0 Å². The maximum absolute atomic E-state index is 12.4. The largest absolute Gasteiger partial charge is 0.494 e. The van der Waals surface area contributed by atoms with Crippen molar-refractivity contribution in [1.82, 2.24) is 4.90 Å². The predicted molar refractivity (Wildman–Crippen MR) is 119 cm³/mol. The van der Waals surface area contributed by atoms with Crippen molar-refractivity contribution in [3.05, 3.63) is 54.1 Å². The van der Waals surface area contributed by atoms with Crippen LogP contribution in [0.5, 0.6) is 11.5 Å². The van der Waals surface area contributed by atoms with Gasteiger partial charge in [-0.3, -0.25) is 4.79 Å². The number of fused-ring (bicyclic) bond motifs is 1. The fourth-order valence-corrected chi connectivity index (χ4v) is 5.09. The second-order valence-corrected chi connectivity index (χ2v) is 9.14. The molecule has 0 radical (unpaired) electrons. The van der Waals surface area contributed by atoms with Crippen molar-refractivity contribution in [1.29, 1.82) is 0 Å². The molecule has 9 heteroatoms. The average Bonchev–Trinajstić information content (AvgIpc) is 3.09. The normalized spacial score (nSPS) is 17.4. The van der Waals surface area contributed by atoms with Crippen LogP contribution in [0.4, 0.5) is 0 Å². The van der Waals surface area contributed by atoms with Crippen molar-refractivity contribution < 1.29 is 27.4 Å². The molecule has 0 atom stereocenters. The minimum absolute atomic E-state index is 0.171. The lowest BCUT2D eigenvalue weighted by Crippen LogP contribution is -2.40. The van der Waals surface area contributed by atoms with Gasteiger partial charge in [-0.15, -0.1) is 4.40 Å². The molecule has 0 aliphatic carbocycles. The summed E-state index contributed by atoms with van der Waals surface area (Å²) < 4.78 is 44.9. The summed E-state index contributed by atoms with van der Waals surface area (Å²) in [5.41, 5.74) is 0.625. The van der Waals surface area contributed by atoms with E-state index < -0.39 is 10.0 Å². The van der Waals surface area contributed by atoms with Gasteiger partial charge in [-0.05, 0) is 56.2 Å².